The first kappa shape index (κ1) is 23.5. The van der Waals surface area contributed by atoms with Crippen LogP contribution < -0.4 is 11.1 Å². The zero-order valence-electron chi connectivity index (χ0n) is 16.5. The summed E-state index contributed by atoms with van der Waals surface area (Å²) >= 11 is 0. The second-order valence-electron chi connectivity index (χ2n) is 7.87. The molecule has 0 aromatic carbocycles. The fourth-order valence-electron chi connectivity index (χ4n) is 4.14. The molecule has 28 heavy (non-hydrogen) atoms. The summed E-state index contributed by atoms with van der Waals surface area (Å²) in [5.74, 6) is -1.83. The van der Waals surface area contributed by atoms with Crippen LogP contribution in [0.2, 0.25) is 6.32 Å². The molecule has 0 aromatic heterocycles. The Morgan fingerprint density at radius 1 is 1.43 bits per heavy atom. The van der Waals surface area contributed by atoms with Crippen molar-refractivity contribution in [3.63, 3.8) is 0 Å². The molecular weight excluding hydrogens is 387 g/mol. The van der Waals surface area contributed by atoms with Gasteiger partial charge in [-0.25, -0.2) is 0 Å². The number of rotatable bonds is 10. The Morgan fingerprint density at radius 2 is 2.14 bits per heavy atom. The van der Waals surface area contributed by atoms with Crippen molar-refractivity contribution in [2.45, 2.75) is 56.9 Å². The van der Waals surface area contributed by atoms with Gasteiger partial charge in [0.2, 0.25) is 0 Å². The van der Waals surface area contributed by atoms with Crippen molar-refractivity contribution in [1.29, 1.82) is 0 Å². The second kappa shape index (κ2) is 9.83. The highest BCUT2D eigenvalue weighted by molar-refractivity contribution is 7.86. The Kier molecular flexibility index (Phi) is 8.26. The first-order valence-electron chi connectivity index (χ1n) is 9.99. The van der Waals surface area contributed by atoms with Gasteiger partial charge in [0.15, 0.2) is 0 Å². The van der Waals surface area contributed by atoms with Crippen molar-refractivity contribution in [3.05, 3.63) is 0 Å². The first-order valence-corrected chi connectivity index (χ1v) is 11.4. The van der Waals surface area contributed by atoms with Crippen LogP contribution in [-0.2, 0) is 15.0 Å². The van der Waals surface area contributed by atoms with Crippen molar-refractivity contribution in [2.24, 2.45) is 11.7 Å². The van der Waals surface area contributed by atoms with Crippen molar-refractivity contribution in [2.75, 3.05) is 32.7 Å². The van der Waals surface area contributed by atoms with Gasteiger partial charge in [-0.15, -0.1) is 0 Å². The summed E-state index contributed by atoms with van der Waals surface area (Å²) in [5.41, 5.74) is 4.46. The van der Waals surface area contributed by atoms with Crippen LogP contribution in [0.4, 0.5) is 0 Å². The van der Waals surface area contributed by atoms with E-state index in [1.807, 2.05) is 6.92 Å². The molecule has 0 radical (unpaired) electrons. The Balaban J connectivity index is 2.19. The topological polar surface area (TPSA) is 156 Å². The summed E-state index contributed by atoms with van der Waals surface area (Å²) in [6.45, 7) is 3.47. The van der Waals surface area contributed by atoms with Gasteiger partial charge < -0.3 is 26.2 Å². The predicted octanol–water partition coefficient (Wildman–Crippen LogP) is -1.34. The lowest BCUT2D eigenvalue weighted by molar-refractivity contribution is -0.144. The number of hydrogen-bond acceptors (Lipinski definition) is 7. The van der Waals surface area contributed by atoms with Gasteiger partial charge in [0.1, 0.15) is 5.54 Å². The van der Waals surface area contributed by atoms with Crippen molar-refractivity contribution >= 4 is 23.3 Å². The quantitative estimate of drug-likeness (QED) is 0.272. The van der Waals surface area contributed by atoms with Crippen LogP contribution in [0.1, 0.15) is 39.0 Å². The molecule has 0 bridgehead atoms. The smallest absolute Gasteiger partial charge is 0.451 e. The number of carboxylic acid groups (broad SMARTS) is 1. The summed E-state index contributed by atoms with van der Waals surface area (Å²) in [5, 5.41) is 30.9. The van der Waals surface area contributed by atoms with Crippen molar-refractivity contribution in [1.82, 2.24) is 13.9 Å². The van der Waals surface area contributed by atoms with Crippen molar-refractivity contribution < 1.29 is 28.4 Å². The van der Waals surface area contributed by atoms with E-state index in [4.69, 9.17) is 15.8 Å². The lowest BCUT2D eigenvalue weighted by Gasteiger charge is -2.36. The van der Waals surface area contributed by atoms with Crippen LogP contribution in [0.15, 0.2) is 0 Å². The van der Waals surface area contributed by atoms with Crippen LogP contribution in [0.3, 0.4) is 0 Å². The van der Waals surface area contributed by atoms with E-state index >= 15 is 0 Å². The third-order valence-corrected chi connectivity index (χ3v) is 7.75. The maximum atomic E-state index is 13.4. The van der Waals surface area contributed by atoms with Gasteiger partial charge in [-0.3, -0.25) is 4.79 Å². The molecule has 2 rings (SSSR count). The van der Waals surface area contributed by atoms with Crippen LogP contribution >= 0.6 is 0 Å². The number of piperidine rings is 1. The Morgan fingerprint density at radius 3 is 2.68 bits per heavy atom. The average molecular weight is 420 g/mol. The third-order valence-electron chi connectivity index (χ3n) is 5.75. The number of nitrogens with one attached hydrogen (secondary N) is 1. The zero-order chi connectivity index (χ0) is 20.9. The SMILES string of the molecule is CCCN([C@H]1CCCNC1)S(=O)(=O)N1C[C@H](CCCB(O)O)[C@](N)(C(=O)O)C1. The van der Waals surface area contributed by atoms with E-state index in [9.17, 15) is 18.3 Å². The minimum absolute atomic E-state index is 0.0209. The third kappa shape index (κ3) is 5.23. The van der Waals surface area contributed by atoms with Crippen molar-refractivity contribution in [3.8, 4) is 0 Å². The molecule has 0 aromatic rings. The molecule has 2 aliphatic heterocycles. The molecule has 0 spiro atoms. The lowest BCUT2D eigenvalue weighted by Crippen LogP contribution is -2.57. The standard InChI is InChI=1S/C16H33BN4O6S/c1-2-9-21(14-6-4-8-19-10-14)28(26,27)20-11-13(5-3-7-17(24)25)16(18,12-20)15(22)23/h13-14,19,24-25H,2-12,18H2,1H3,(H,22,23)/t13-,14-,16-/m0/s1. The van der Waals surface area contributed by atoms with Crippen LogP contribution in [0.5, 0.6) is 0 Å². The number of nitrogens with two attached hydrogens (primary N) is 1. The monoisotopic (exact) mass is 420 g/mol. The molecule has 2 heterocycles. The molecule has 162 valence electrons. The molecule has 0 amide bonds. The summed E-state index contributed by atoms with van der Waals surface area (Å²) in [7, 11) is -5.33. The minimum Gasteiger partial charge on any atom is -0.480 e. The Bertz CT molecular complexity index is 631. The molecule has 2 saturated heterocycles. The van der Waals surface area contributed by atoms with Gasteiger partial charge in [-0.1, -0.05) is 13.3 Å². The van der Waals surface area contributed by atoms with Crippen LogP contribution in [0.25, 0.3) is 0 Å². The molecule has 3 atom stereocenters. The Labute approximate surface area is 167 Å². The van der Waals surface area contributed by atoms with Gasteiger partial charge >= 0.3 is 13.1 Å². The molecule has 10 nitrogen and oxygen atoms in total. The van der Waals surface area contributed by atoms with Crippen LogP contribution in [0, 0.1) is 5.92 Å². The molecule has 6 N–H and O–H groups in total. The average Bonchev–Trinajstić information content (AvgIpc) is 2.99. The van der Waals surface area contributed by atoms with Gasteiger partial charge in [0.25, 0.3) is 10.2 Å². The number of aliphatic carboxylic acids is 1. The number of carboxylic acids is 1. The predicted molar refractivity (Wildman–Crippen MR) is 106 cm³/mol. The summed E-state index contributed by atoms with van der Waals surface area (Å²) < 4.78 is 29.4. The minimum atomic E-state index is -3.86. The fraction of sp³-hybridized carbons (Fsp3) is 0.938. The normalized spacial score (nSPS) is 29.3. The highest BCUT2D eigenvalue weighted by Crippen LogP contribution is 2.33. The number of nitrogens with zero attached hydrogens (tertiary/aromatic N) is 2. The van der Waals surface area contributed by atoms with Gasteiger partial charge in [0, 0.05) is 38.1 Å². The maximum absolute atomic E-state index is 13.4. The number of carbonyl (C=O) groups is 1. The van der Waals surface area contributed by atoms with E-state index in [1.54, 1.807) is 0 Å². The maximum Gasteiger partial charge on any atom is 0.451 e. The van der Waals surface area contributed by atoms with Gasteiger partial charge in [-0.05, 0) is 38.5 Å². The lowest BCUT2D eigenvalue weighted by atomic mass is 9.78. The van der Waals surface area contributed by atoms with E-state index in [1.165, 1.54) is 8.61 Å². The van der Waals surface area contributed by atoms with Gasteiger partial charge in [0.05, 0.1) is 0 Å². The first-order chi connectivity index (χ1) is 13.1. The summed E-state index contributed by atoms with van der Waals surface area (Å²) in [6.07, 6.45) is 3.08. The highest BCUT2D eigenvalue weighted by atomic mass is 32.2. The van der Waals surface area contributed by atoms with E-state index in [0.717, 1.165) is 19.4 Å². The van der Waals surface area contributed by atoms with Gasteiger partial charge in [-0.2, -0.15) is 17.0 Å². The summed E-state index contributed by atoms with van der Waals surface area (Å²) in [6, 6.07) is -0.153. The molecule has 0 aliphatic carbocycles. The molecule has 0 unspecified atom stereocenters. The molecule has 2 fully saturated rings. The highest BCUT2D eigenvalue weighted by Gasteiger charge is 2.53. The molecule has 0 saturated carbocycles. The van der Waals surface area contributed by atoms with Crippen LogP contribution in [-0.4, -0.2) is 89.6 Å². The molecule has 2 aliphatic rings. The Hall–Kier alpha value is -0.755. The second-order valence-corrected chi connectivity index (χ2v) is 9.75. The zero-order valence-corrected chi connectivity index (χ0v) is 17.3. The van der Waals surface area contributed by atoms with E-state index in [-0.39, 0.29) is 25.5 Å². The number of hydrogen-bond donors (Lipinski definition) is 5. The van der Waals surface area contributed by atoms with E-state index < -0.39 is 34.8 Å². The fourth-order valence-corrected chi connectivity index (χ4v) is 6.15. The molecular formula is C16H33BN4O6S. The largest absolute Gasteiger partial charge is 0.480 e. The van der Waals surface area contributed by atoms with E-state index in [2.05, 4.69) is 5.32 Å². The summed E-state index contributed by atoms with van der Waals surface area (Å²) in [4.78, 5) is 11.8. The van der Waals surface area contributed by atoms with E-state index in [0.29, 0.717) is 32.4 Å². The molecule has 12 heteroatoms.